The average molecular weight is 421 g/mol. The van der Waals surface area contributed by atoms with Gasteiger partial charge in [-0.15, -0.1) is 0 Å². The SMILES string of the molecule is CCOc1cc(C#N)cc(Br)c1OCC(=O)NC(C)C1CC2CCC1C2. The number of hydrogen-bond acceptors (Lipinski definition) is 4. The Kier molecular flexibility index (Phi) is 6.08. The van der Waals surface area contributed by atoms with Crippen molar-refractivity contribution < 1.29 is 14.3 Å². The lowest BCUT2D eigenvalue weighted by Gasteiger charge is -2.28. The topological polar surface area (TPSA) is 71.3 Å². The molecule has 1 aromatic rings. The van der Waals surface area contributed by atoms with E-state index >= 15 is 0 Å². The average Bonchev–Trinajstić information content (AvgIpc) is 3.24. The normalized spacial score (nSPS) is 24.8. The van der Waals surface area contributed by atoms with Gasteiger partial charge < -0.3 is 14.8 Å². The number of fused-ring (bicyclic) bond motifs is 2. The summed E-state index contributed by atoms with van der Waals surface area (Å²) in [7, 11) is 0. The van der Waals surface area contributed by atoms with Crippen LogP contribution in [-0.2, 0) is 4.79 Å². The summed E-state index contributed by atoms with van der Waals surface area (Å²) in [5.41, 5.74) is 0.474. The number of hydrogen-bond donors (Lipinski definition) is 1. The van der Waals surface area contributed by atoms with E-state index in [0.717, 1.165) is 11.8 Å². The Morgan fingerprint density at radius 3 is 2.81 bits per heavy atom. The van der Waals surface area contributed by atoms with E-state index in [0.29, 0.717) is 34.1 Å². The van der Waals surface area contributed by atoms with Gasteiger partial charge in [0.1, 0.15) is 0 Å². The van der Waals surface area contributed by atoms with E-state index in [-0.39, 0.29) is 18.6 Å². The smallest absolute Gasteiger partial charge is 0.258 e. The zero-order valence-corrected chi connectivity index (χ0v) is 16.8. The summed E-state index contributed by atoms with van der Waals surface area (Å²) in [6, 6.07) is 5.55. The highest BCUT2D eigenvalue weighted by atomic mass is 79.9. The molecule has 2 aliphatic carbocycles. The lowest BCUT2D eigenvalue weighted by atomic mass is 9.84. The van der Waals surface area contributed by atoms with Gasteiger partial charge in [0.15, 0.2) is 18.1 Å². The van der Waals surface area contributed by atoms with Crippen molar-refractivity contribution in [3.63, 3.8) is 0 Å². The van der Waals surface area contributed by atoms with E-state index < -0.39 is 0 Å². The van der Waals surface area contributed by atoms with E-state index in [1.165, 1.54) is 25.7 Å². The summed E-state index contributed by atoms with van der Waals surface area (Å²) in [5, 5.41) is 12.2. The fraction of sp³-hybridized carbons (Fsp3) is 0.600. The molecule has 4 atom stereocenters. The number of halogens is 1. The number of ether oxygens (including phenoxy) is 2. The number of benzene rings is 1. The first kappa shape index (κ1) is 19.0. The molecule has 2 bridgehead atoms. The van der Waals surface area contributed by atoms with Crippen LogP contribution in [0.5, 0.6) is 11.5 Å². The number of carbonyl (C=O) groups excluding carboxylic acids is 1. The molecule has 26 heavy (non-hydrogen) atoms. The molecular formula is C20H25BrN2O3. The standard InChI is InChI=1S/C20H25BrN2O3/c1-3-25-18-9-14(10-22)8-17(21)20(18)26-11-19(24)23-12(2)16-7-13-4-5-15(16)6-13/h8-9,12-13,15-16H,3-7,11H2,1-2H3,(H,23,24). The Morgan fingerprint density at radius 1 is 1.38 bits per heavy atom. The highest BCUT2D eigenvalue weighted by Gasteiger charge is 2.42. The van der Waals surface area contributed by atoms with Crippen molar-refractivity contribution in [2.24, 2.45) is 17.8 Å². The fourth-order valence-corrected chi connectivity index (χ4v) is 5.04. The number of nitrogens with zero attached hydrogens (tertiary/aromatic N) is 1. The molecule has 1 aromatic carbocycles. The molecule has 2 saturated carbocycles. The summed E-state index contributed by atoms with van der Waals surface area (Å²) >= 11 is 3.40. The van der Waals surface area contributed by atoms with Crippen LogP contribution in [0.2, 0.25) is 0 Å². The molecule has 0 spiro atoms. The molecule has 1 N–H and O–H groups in total. The van der Waals surface area contributed by atoms with E-state index in [1.54, 1.807) is 12.1 Å². The van der Waals surface area contributed by atoms with Crippen LogP contribution >= 0.6 is 15.9 Å². The van der Waals surface area contributed by atoms with Crippen molar-refractivity contribution in [1.29, 1.82) is 5.26 Å². The van der Waals surface area contributed by atoms with Gasteiger partial charge >= 0.3 is 0 Å². The number of amides is 1. The van der Waals surface area contributed by atoms with Gasteiger partial charge in [-0.05, 0) is 72.9 Å². The quantitative estimate of drug-likeness (QED) is 0.722. The maximum atomic E-state index is 12.3. The zero-order chi connectivity index (χ0) is 18.7. The van der Waals surface area contributed by atoms with Crippen molar-refractivity contribution in [3.05, 3.63) is 22.2 Å². The fourth-order valence-electron chi connectivity index (χ4n) is 4.48. The van der Waals surface area contributed by atoms with Crippen LogP contribution in [0.15, 0.2) is 16.6 Å². The third kappa shape index (κ3) is 4.15. The van der Waals surface area contributed by atoms with E-state index in [1.807, 2.05) is 6.92 Å². The molecule has 2 aliphatic rings. The lowest BCUT2D eigenvalue weighted by Crippen LogP contribution is -2.42. The van der Waals surface area contributed by atoms with Crippen LogP contribution < -0.4 is 14.8 Å². The van der Waals surface area contributed by atoms with Crippen LogP contribution in [0, 0.1) is 29.1 Å². The highest BCUT2D eigenvalue weighted by Crippen LogP contribution is 2.49. The molecule has 140 valence electrons. The van der Waals surface area contributed by atoms with Crippen molar-refractivity contribution in [2.45, 2.75) is 45.6 Å². The minimum Gasteiger partial charge on any atom is -0.490 e. The second kappa shape index (κ2) is 8.30. The van der Waals surface area contributed by atoms with E-state index in [2.05, 4.69) is 34.2 Å². The van der Waals surface area contributed by atoms with E-state index in [9.17, 15) is 4.79 Å². The lowest BCUT2D eigenvalue weighted by molar-refractivity contribution is -0.124. The van der Waals surface area contributed by atoms with Crippen molar-refractivity contribution in [2.75, 3.05) is 13.2 Å². The number of nitrogens with one attached hydrogen (secondary N) is 1. The van der Waals surface area contributed by atoms with Crippen LogP contribution in [0.4, 0.5) is 0 Å². The Balaban J connectivity index is 1.58. The number of nitriles is 1. The number of rotatable bonds is 7. The molecule has 0 heterocycles. The highest BCUT2D eigenvalue weighted by molar-refractivity contribution is 9.10. The predicted molar refractivity (Wildman–Crippen MR) is 102 cm³/mol. The van der Waals surface area contributed by atoms with Crippen molar-refractivity contribution in [3.8, 4) is 17.6 Å². The molecule has 3 rings (SSSR count). The van der Waals surface area contributed by atoms with Gasteiger partial charge in [-0.1, -0.05) is 6.42 Å². The predicted octanol–water partition coefficient (Wildman–Crippen LogP) is 4.04. The van der Waals surface area contributed by atoms with Gasteiger partial charge in [0.25, 0.3) is 5.91 Å². The van der Waals surface area contributed by atoms with Gasteiger partial charge in [-0.3, -0.25) is 4.79 Å². The first-order valence-corrected chi connectivity index (χ1v) is 10.1. The first-order chi connectivity index (χ1) is 12.5. The van der Waals surface area contributed by atoms with Gasteiger partial charge in [-0.2, -0.15) is 5.26 Å². The molecule has 0 saturated heterocycles. The summed E-state index contributed by atoms with van der Waals surface area (Å²) in [6.07, 6.45) is 5.24. The van der Waals surface area contributed by atoms with Crippen molar-refractivity contribution in [1.82, 2.24) is 5.32 Å². The Morgan fingerprint density at radius 2 is 2.19 bits per heavy atom. The Hall–Kier alpha value is -1.74. The minimum absolute atomic E-state index is 0.0737. The third-order valence-electron chi connectivity index (χ3n) is 5.61. The van der Waals surface area contributed by atoms with Gasteiger partial charge in [0.05, 0.1) is 22.7 Å². The van der Waals surface area contributed by atoms with Gasteiger partial charge in [-0.25, -0.2) is 0 Å². The van der Waals surface area contributed by atoms with Crippen LogP contribution in [-0.4, -0.2) is 25.2 Å². The largest absolute Gasteiger partial charge is 0.490 e. The maximum Gasteiger partial charge on any atom is 0.258 e. The minimum atomic E-state index is -0.126. The molecule has 0 aliphatic heterocycles. The number of carbonyl (C=O) groups is 1. The van der Waals surface area contributed by atoms with Crippen LogP contribution in [0.1, 0.15) is 45.1 Å². The molecule has 0 radical (unpaired) electrons. The molecule has 5 nitrogen and oxygen atoms in total. The van der Waals surface area contributed by atoms with Crippen LogP contribution in [0.3, 0.4) is 0 Å². The summed E-state index contributed by atoms with van der Waals surface area (Å²) in [5.74, 6) is 3.02. The maximum absolute atomic E-state index is 12.3. The second-order valence-corrected chi connectivity index (χ2v) is 8.17. The summed E-state index contributed by atoms with van der Waals surface area (Å²) in [4.78, 5) is 12.3. The molecule has 2 fully saturated rings. The Labute approximate surface area is 163 Å². The third-order valence-corrected chi connectivity index (χ3v) is 6.20. The molecule has 4 unspecified atom stereocenters. The van der Waals surface area contributed by atoms with Gasteiger partial charge in [0.2, 0.25) is 0 Å². The molecule has 1 amide bonds. The molecule has 0 aromatic heterocycles. The summed E-state index contributed by atoms with van der Waals surface area (Å²) < 4.78 is 11.9. The monoisotopic (exact) mass is 420 g/mol. The Bertz CT molecular complexity index is 716. The van der Waals surface area contributed by atoms with Crippen LogP contribution in [0.25, 0.3) is 0 Å². The molecular weight excluding hydrogens is 396 g/mol. The first-order valence-electron chi connectivity index (χ1n) is 9.30. The summed E-state index contributed by atoms with van der Waals surface area (Å²) in [6.45, 7) is 4.34. The second-order valence-electron chi connectivity index (χ2n) is 7.31. The van der Waals surface area contributed by atoms with Crippen molar-refractivity contribution >= 4 is 21.8 Å². The zero-order valence-electron chi connectivity index (χ0n) is 15.3. The molecule has 6 heteroatoms. The van der Waals surface area contributed by atoms with E-state index in [4.69, 9.17) is 14.7 Å². The van der Waals surface area contributed by atoms with Gasteiger partial charge in [0, 0.05) is 12.1 Å².